The number of carbonyl (C=O) groups excluding carboxylic acids is 2. The molecule has 0 rings (SSSR count). The summed E-state index contributed by atoms with van der Waals surface area (Å²) in [4.78, 5) is 19.8. The van der Waals surface area contributed by atoms with Crippen molar-refractivity contribution in [3.63, 3.8) is 0 Å². The van der Waals surface area contributed by atoms with Gasteiger partial charge in [0.1, 0.15) is 0 Å². The van der Waals surface area contributed by atoms with Gasteiger partial charge in [-0.3, -0.25) is 0 Å². The van der Waals surface area contributed by atoms with Gasteiger partial charge in [-0.25, -0.2) is 0 Å². The molecule has 0 radical (unpaired) electrons. The molecule has 0 saturated heterocycles. The number of aliphatic carboxylic acids is 2. The number of hydrogen-bond donors (Lipinski definition) is 0. The highest BCUT2D eigenvalue weighted by atomic mass is 33.1. The van der Waals surface area contributed by atoms with Crippen molar-refractivity contribution in [1.29, 1.82) is 0 Å². The van der Waals surface area contributed by atoms with E-state index in [0.29, 0.717) is 11.5 Å². The molecule has 0 heterocycles. The van der Waals surface area contributed by atoms with E-state index in [0.717, 1.165) is 0 Å². The second-order valence-electron chi connectivity index (χ2n) is 1.89. The predicted molar refractivity (Wildman–Crippen MR) is 44.2 cm³/mol. The van der Waals surface area contributed by atoms with Crippen LogP contribution in [0.15, 0.2) is 0 Å². The summed E-state index contributed by atoms with van der Waals surface area (Å²) in [6.07, 6.45) is 0.00593. The maximum Gasteiger partial charge on any atom is 0.0422 e. The van der Waals surface area contributed by atoms with E-state index in [2.05, 4.69) is 0 Å². The van der Waals surface area contributed by atoms with Crippen molar-refractivity contribution in [3.8, 4) is 0 Å². The number of carboxylic acids is 2. The molecule has 0 aromatic heterocycles. The molecule has 0 fully saturated rings. The lowest BCUT2D eigenvalue weighted by Crippen LogP contribution is -2.22. The lowest BCUT2D eigenvalue weighted by molar-refractivity contribution is -0.306. The van der Waals surface area contributed by atoms with Gasteiger partial charge in [-0.1, -0.05) is 21.6 Å². The largest absolute Gasteiger partial charge is 0.550 e. The first-order valence-electron chi connectivity index (χ1n) is 3.27. The van der Waals surface area contributed by atoms with Crippen molar-refractivity contribution in [2.75, 3.05) is 11.5 Å². The molecule has 0 saturated carbocycles. The molecule has 0 aromatic carbocycles. The molecule has 4 nitrogen and oxygen atoms in total. The average Bonchev–Trinajstić information content (AvgIpc) is 1.95. The van der Waals surface area contributed by atoms with Crippen molar-refractivity contribution >= 4 is 33.5 Å². The molecule has 0 aliphatic heterocycles. The van der Waals surface area contributed by atoms with Crippen LogP contribution in [0.5, 0.6) is 0 Å². The van der Waals surface area contributed by atoms with Gasteiger partial charge >= 0.3 is 0 Å². The Morgan fingerprint density at radius 2 is 1.25 bits per heavy atom. The summed E-state index contributed by atoms with van der Waals surface area (Å²) >= 11 is 0. The van der Waals surface area contributed by atoms with E-state index in [1.54, 1.807) is 0 Å². The van der Waals surface area contributed by atoms with Crippen molar-refractivity contribution in [1.82, 2.24) is 0 Å². The minimum absolute atomic E-state index is 0.00296. The van der Waals surface area contributed by atoms with Gasteiger partial charge in [0.05, 0.1) is 0 Å². The number of carbonyl (C=O) groups is 2. The lowest BCUT2D eigenvalue weighted by atomic mass is 10.5. The fourth-order valence-corrected chi connectivity index (χ4v) is 2.31. The van der Waals surface area contributed by atoms with Gasteiger partial charge in [-0.2, -0.15) is 0 Å². The molecule has 0 N–H and O–H groups in total. The summed E-state index contributed by atoms with van der Waals surface area (Å²) in [7, 11) is 2.66. The van der Waals surface area contributed by atoms with Gasteiger partial charge in [0, 0.05) is 23.4 Å². The van der Waals surface area contributed by atoms with E-state index in [-0.39, 0.29) is 12.8 Å². The van der Waals surface area contributed by atoms with E-state index in [1.165, 1.54) is 21.6 Å². The van der Waals surface area contributed by atoms with Crippen LogP contribution in [0.2, 0.25) is 0 Å². The fraction of sp³-hybridized carbons (Fsp3) is 0.667. The zero-order chi connectivity index (χ0) is 9.40. The van der Waals surface area contributed by atoms with Crippen LogP contribution in [-0.4, -0.2) is 23.4 Å². The van der Waals surface area contributed by atoms with Crippen LogP contribution in [0.4, 0.5) is 0 Å². The maximum absolute atomic E-state index is 9.90. The van der Waals surface area contributed by atoms with Crippen LogP contribution in [0.1, 0.15) is 12.8 Å². The highest BCUT2D eigenvalue weighted by molar-refractivity contribution is 8.76. The first-order valence-corrected chi connectivity index (χ1v) is 5.76. The van der Waals surface area contributed by atoms with Crippen LogP contribution in [0.3, 0.4) is 0 Å². The van der Waals surface area contributed by atoms with Gasteiger partial charge in [0.25, 0.3) is 0 Å². The standard InChI is InChI=1S/C6H10O4S2/c7-5(8)1-3-11-12-4-2-6(9)10/h1-4H2,(H,7,8)(H,9,10)/p-2. The summed E-state index contributed by atoms with van der Waals surface area (Å²) < 4.78 is 0. The van der Waals surface area contributed by atoms with Crippen LogP contribution >= 0.6 is 21.6 Å². The number of rotatable bonds is 7. The normalized spacial score (nSPS) is 9.67. The summed E-state index contributed by atoms with van der Waals surface area (Å²) in [5, 5.41) is 19.8. The molecule has 0 atom stereocenters. The first kappa shape index (κ1) is 11.6. The zero-order valence-corrected chi connectivity index (χ0v) is 7.91. The lowest BCUT2D eigenvalue weighted by Gasteiger charge is -2.02. The summed E-state index contributed by atoms with van der Waals surface area (Å²) in [5.74, 6) is -1.27. The third-order valence-electron chi connectivity index (χ3n) is 0.862. The highest BCUT2D eigenvalue weighted by Crippen LogP contribution is 2.22. The molecule has 0 unspecified atom stereocenters. The second kappa shape index (κ2) is 7.30. The Kier molecular flexibility index (Phi) is 7.08. The van der Waals surface area contributed by atoms with Gasteiger partial charge in [0.2, 0.25) is 0 Å². The Balaban J connectivity index is 3.01. The third kappa shape index (κ3) is 9.64. The van der Waals surface area contributed by atoms with Gasteiger partial charge in [-0.15, -0.1) is 0 Å². The minimum atomic E-state index is -1.08. The molecular formula is C6H8O4S2-2. The van der Waals surface area contributed by atoms with Crippen molar-refractivity contribution in [2.45, 2.75) is 12.8 Å². The topological polar surface area (TPSA) is 80.3 Å². The fourth-order valence-electron chi connectivity index (χ4n) is 0.368. The van der Waals surface area contributed by atoms with E-state index in [4.69, 9.17) is 0 Å². The van der Waals surface area contributed by atoms with E-state index in [1.807, 2.05) is 0 Å². The summed E-state index contributed by atoms with van der Waals surface area (Å²) in [6, 6.07) is 0. The molecule has 6 heteroatoms. The van der Waals surface area contributed by atoms with Crippen LogP contribution < -0.4 is 10.2 Å². The molecular weight excluding hydrogens is 200 g/mol. The van der Waals surface area contributed by atoms with Crippen LogP contribution in [0.25, 0.3) is 0 Å². The van der Waals surface area contributed by atoms with Gasteiger partial charge < -0.3 is 19.8 Å². The van der Waals surface area contributed by atoms with Crippen molar-refractivity contribution < 1.29 is 19.8 Å². The Bertz CT molecular complexity index is 142. The van der Waals surface area contributed by atoms with Crippen LogP contribution in [0, 0.1) is 0 Å². The Labute approximate surface area is 78.1 Å². The van der Waals surface area contributed by atoms with E-state index < -0.39 is 11.9 Å². The monoisotopic (exact) mass is 208 g/mol. The smallest absolute Gasteiger partial charge is 0.0422 e. The molecule has 0 aliphatic carbocycles. The Morgan fingerprint density at radius 1 is 0.917 bits per heavy atom. The van der Waals surface area contributed by atoms with Gasteiger partial charge in [0.15, 0.2) is 0 Å². The maximum atomic E-state index is 9.90. The molecule has 0 aliphatic rings. The van der Waals surface area contributed by atoms with Gasteiger partial charge in [-0.05, 0) is 12.8 Å². The quantitative estimate of drug-likeness (QED) is 0.380. The third-order valence-corrected chi connectivity index (χ3v) is 3.27. The average molecular weight is 208 g/mol. The predicted octanol–water partition coefficient (Wildman–Crippen LogP) is -1.35. The van der Waals surface area contributed by atoms with E-state index in [9.17, 15) is 19.8 Å². The van der Waals surface area contributed by atoms with Crippen LogP contribution in [-0.2, 0) is 9.59 Å². The molecule has 0 spiro atoms. The summed E-state index contributed by atoms with van der Waals surface area (Å²) in [5.41, 5.74) is 0. The SMILES string of the molecule is O=C([O-])CCSSCCC(=O)[O-]. The first-order chi connectivity index (χ1) is 5.63. The Morgan fingerprint density at radius 3 is 1.50 bits per heavy atom. The Hall–Kier alpha value is -0.360. The van der Waals surface area contributed by atoms with Crippen molar-refractivity contribution in [3.05, 3.63) is 0 Å². The van der Waals surface area contributed by atoms with E-state index >= 15 is 0 Å². The molecule has 0 amide bonds. The number of hydrogen-bond acceptors (Lipinski definition) is 6. The number of carboxylic acid groups (broad SMARTS) is 2. The zero-order valence-electron chi connectivity index (χ0n) is 6.28. The minimum Gasteiger partial charge on any atom is -0.550 e. The molecule has 70 valence electrons. The molecule has 0 aromatic rings. The highest BCUT2D eigenvalue weighted by Gasteiger charge is 1.91. The summed E-state index contributed by atoms with van der Waals surface area (Å²) in [6.45, 7) is 0. The van der Waals surface area contributed by atoms with Crippen molar-refractivity contribution in [2.24, 2.45) is 0 Å². The second-order valence-corrected chi connectivity index (χ2v) is 4.59. The molecule has 12 heavy (non-hydrogen) atoms. The molecule has 0 bridgehead atoms.